The van der Waals surface area contributed by atoms with Crippen LogP contribution < -0.4 is 4.74 Å². The molecule has 1 atom stereocenters. The Morgan fingerprint density at radius 1 is 1.17 bits per heavy atom. The van der Waals surface area contributed by atoms with Gasteiger partial charge in [-0.1, -0.05) is 12.1 Å². The van der Waals surface area contributed by atoms with Crippen LogP contribution in [-0.4, -0.2) is 47.8 Å². The van der Waals surface area contributed by atoms with Crippen molar-refractivity contribution in [3.05, 3.63) is 59.4 Å². The Morgan fingerprint density at radius 3 is 2.57 bits per heavy atom. The fourth-order valence-electron chi connectivity index (χ4n) is 2.56. The molecule has 0 spiro atoms. The van der Waals surface area contributed by atoms with Crippen molar-refractivity contribution in [1.29, 1.82) is 0 Å². The topological polar surface area (TPSA) is 45.6 Å². The zero-order chi connectivity index (χ0) is 16.7. The van der Waals surface area contributed by atoms with E-state index in [4.69, 9.17) is 4.74 Å². The van der Waals surface area contributed by atoms with Gasteiger partial charge in [-0.3, -0.25) is 4.98 Å². The highest BCUT2D eigenvalue weighted by Gasteiger charge is 2.10. The summed E-state index contributed by atoms with van der Waals surface area (Å²) < 4.78 is 5.70. The van der Waals surface area contributed by atoms with E-state index in [0.717, 1.165) is 24.4 Å². The number of aliphatic hydroxyl groups is 1. The third kappa shape index (κ3) is 6.38. The quantitative estimate of drug-likeness (QED) is 0.813. The molecule has 0 amide bonds. The molecule has 2 rings (SSSR count). The molecule has 1 aromatic carbocycles. The summed E-state index contributed by atoms with van der Waals surface area (Å²) in [6.07, 6.45) is 2.17. The highest BCUT2D eigenvalue weighted by Crippen LogP contribution is 2.16. The molecule has 4 nitrogen and oxygen atoms in total. The van der Waals surface area contributed by atoms with E-state index in [1.54, 1.807) is 0 Å². The average Bonchev–Trinajstić information content (AvgIpc) is 2.51. The van der Waals surface area contributed by atoms with Crippen LogP contribution in [0.25, 0.3) is 0 Å². The van der Waals surface area contributed by atoms with Crippen LogP contribution in [0.3, 0.4) is 0 Å². The highest BCUT2D eigenvalue weighted by atomic mass is 16.5. The van der Waals surface area contributed by atoms with Gasteiger partial charge in [0.2, 0.25) is 0 Å². The molecule has 0 aliphatic heterocycles. The third-order valence-corrected chi connectivity index (χ3v) is 3.64. The second-order valence-corrected chi connectivity index (χ2v) is 6.12. The van der Waals surface area contributed by atoms with Crippen LogP contribution in [0.4, 0.5) is 0 Å². The minimum Gasteiger partial charge on any atom is -0.491 e. The van der Waals surface area contributed by atoms with Gasteiger partial charge >= 0.3 is 0 Å². The van der Waals surface area contributed by atoms with Gasteiger partial charge in [-0.25, -0.2) is 0 Å². The van der Waals surface area contributed by atoms with Crippen molar-refractivity contribution in [2.45, 2.75) is 26.4 Å². The van der Waals surface area contributed by atoms with Crippen LogP contribution >= 0.6 is 0 Å². The summed E-state index contributed by atoms with van der Waals surface area (Å²) in [6.45, 7) is 5.83. The molecule has 23 heavy (non-hydrogen) atoms. The van der Waals surface area contributed by atoms with Crippen molar-refractivity contribution in [2.24, 2.45) is 0 Å². The Labute approximate surface area is 138 Å². The van der Waals surface area contributed by atoms with Crippen molar-refractivity contribution < 1.29 is 9.84 Å². The number of pyridine rings is 1. The second kappa shape index (κ2) is 8.65. The molecule has 0 radical (unpaired) electrons. The molecule has 1 unspecified atom stereocenters. The first kappa shape index (κ1) is 17.4. The molecule has 0 aliphatic carbocycles. The summed E-state index contributed by atoms with van der Waals surface area (Å²) in [7, 11) is 2.00. The Morgan fingerprint density at radius 2 is 1.91 bits per heavy atom. The average molecular weight is 314 g/mol. The van der Waals surface area contributed by atoms with Crippen LogP contribution in [0.1, 0.15) is 16.8 Å². The van der Waals surface area contributed by atoms with E-state index >= 15 is 0 Å². The summed E-state index contributed by atoms with van der Waals surface area (Å²) >= 11 is 0. The Hall–Kier alpha value is -1.91. The monoisotopic (exact) mass is 314 g/mol. The van der Waals surface area contributed by atoms with E-state index in [-0.39, 0.29) is 0 Å². The number of aromatic nitrogens is 1. The summed E-state index contributed by atoms with van der Waals surface area (Å²) in [4.78, 5) is 6.41. The number of benzene rings is 1. The van der Waals surface area contributed by atoms with Gasteiger partial charge in [0.05, 0.1) is 0 Å². The van der Waals surface area contributed by atoms with E-state index in [0.29, 0.717) is 13.2 Å². The number of aliphatic hydroxyl groups excluding tert-OH is 1. The molecule has 0 fully saturated rings. The summed E-state index contributed by atoms with van der Waals surface area (Å²) in [5.74, 6) is 0.817. The summed E-state index contributed by atoms with van der Waals surface area (Å²) in [6, 6.07) is 12.0. The Bertz CT molecular complexity index is 581. The Kier molecular flexibility index (Phi) is 6.56. The van der Waals surface area contributed by atoms with E-state index in [9.17, 15) is 5.11 Å². The molecule has 124 valence electrons. The van der Waals surface area contributed by atoms with Crippen LogP contribution in [0, 0.1) is 13.8 Å². The number of ether oxygens (including phenoxy) is 1. The summed E-state index contributed by atoms with van der Waals surface area (Å²) in [5, 5.41) is 10.1. The van der Waals surface area contributed by atoms with Crippen LogP contribution in [0.2, 0.25) is 0 Å². The van der Waals surface area contributed by atoms with Crippen molar-refractivity contribution in [1.82, 2.24) is 9.88 Å². The van der Waals surface area contributed by atoms with Gasteiger partial charge in [0.25, 0.3) is 0 Å². The van der Waals surface area contributed by atoms with Crippen molar-refractivity contribution in [2.75, 3.05) is 26.7 Å². The zero-order valence-corrected chi connectivity index (χ0v) is 14.2. The standard InChI is InChI=1S/C19H26N2O2/c1-15-10-16(2)12-19(11-15)23-14-18(22)13-21(3)9-7-17-6-4-5-8-20-17/h4-6,8,10-12,18,22H,7,9,13-14H2,1-3H3. The van der Waals surface area contributed by atoms with Crippen molar-refractivity contribution in [3.8, 4) is 5.75 Å². The molecule has 4 heteroatoms. The third-order valence-electron chi connectivity index (χ3n) is 3.64. The largest absolute Gasteiger partial charge is 0.491 e. The van der Waals surface area contributed by atoms with E-state index in [1.165, 1.54) is 11.1 Å². The first-order chi connectivity index (χ1) is 11.0. The predicted octanol–water partition coefficient (Wildman–Crippen LogP) is 2.61. The number of nitrogens with zero attached hydrogens (tertiary/aromatic N) is 2. The lowest BCUT2D eigenvalue weighted by Crippen LogP contribution is -2.34. The lowest BCUT2D eigenvalue weighted by atomic mass is 10.1. The second-order valence-electron chi connectivity index (χ2n) is 6.12. The van der Waals surface area contributed by atoms with Crippen molar-refractivity contribution in [3.63, 3.8) is 0 Å². The molecule has 0 aliphatic rings. The molecule has 0 saturated heterocycles. The normalized spacial score (nSPS) is 12.4. The van der Waals surface area contributed by atoms with Gasteiger partial charge in [0.1, 0.15) is 18.5 Å². The van der Waals surface area contributed by atoms with Gasteiger partial charge in [0.15, 0.2) is 0 Å². The van der Waals surface area contributed by atoms with Gasteiger partial charge < -0.3 is 14.7 Å². The number of likely N-dealkylation sites (N-methyl/N-ethyl adjacent to an activating group) is 1. The SMILES string of the molecule is Cc1cc(C)cc(OCC(O)CN(C)CCc2ccccn2)c1. The van der Waals surface area contributed by atoms with Crippen LogP contribution in [0.15, 0.2) is 42.6 Å². The minimum atomic E-state index is -0.510. The maximum Gasteiger partial charge on any atom is 0.119 e. The van der Waals surface area contributed by atoms with E-state index < -0.39 is 6.10 Å². The lowest BCUT2D eigenvalue weighted by molar-refractivity contribution is 0.0766. The molecule has 1 N–H and O–H groups in total. The molecule has 0 saturated carbocycles. The van der Waals surface area contributed by atoms with E-state index in [2.05, 4.69) is 16.0 Å². The maximum absolute atomic E-state index is 10.1. The lowest BCUT2D eigenvalue weighted by Gasteiger charge is -2.20. The number of hydrogen-bond acceptors (Lipinski definition) is 4. The first-order valence-corrected chi connectivity index (χ1v) is 8.00. The number of rotatable bonds is 8. The maximum atomic E-state index is 10.1. The number of aryl methyl sites for hydroxylation is 2. The van der Waals surface area contributed by atoms with Crippen LogP contribution in [0.5, 0.6) is 5.75 Å². The van der Waals surface area contributed by atoms with Crippen molar-refractivity contribution >= 4 is 0 Å². The van der Waals surface area contributed by atoms with Gasteiger partial charge in [-0.2, -0.15) is 0 Å². The highest BCUT2D eigenvalue weighted by molar-refractivity contribution is 5.32. The zero-order valence-electron chi connectivity index (χ0n) is 14.2. The molecule has 0 bridgehead atoms. The molecular weight excluding hydrogens is 288 g/mol. The van der Waals surface area contributed by atoms with Gasteiger partial charge in [0, 0.05) is 31.4 Å². The predicted molar refractivity (Wildman–Crippen MR) is 92.9 cm³/mol. The number of hydrogen-bond donors (Lipinski definition) is 1. The fraction of sp³-hybridized carbons (Fsp3) is 0.421. The smallest absolute Gasteiger partial charge is 0.119 e. The molecule has 1 heterocycles. The van der Waals surface area contributed by atoms with Gasteiger partial charge in [-0.15, -0.1) is 0 Å². The summed E-state index contributed by atoms with van der Waals surface area (Å²) in [5.41, 5.74) is 3.41. The molecular formula is C19H26N2O2. The van der Waals surface area contributed by atoms with Crippen LogP contribution in [-0.2, 0) is 6.42 Å². The van der Waals surface area contributed by atoms with Gasteiger partial charge in [-0.05, 0) is 56.3 Å². The molecule has 2 aromatic rings. The minimum absolute atomic E-state index is 0.302. The van der Waals surface area contributed by atoms with E-state index in [1.807, 2.05) is 57.4 Å². The fourth-order valence-corrected chi connectivity index (χ4v) is 2.56. The molecule has 1 aromatic heterocycles. The first-order valence-electron chi connectivity index (χ1n) is 8.00. The Balaban J connectivity index is 1.72.